The third-order valence-corrected chi connectivity index (χ3v) is 6.57. The summed E-state index contributed by atoms with van der Waals surface area (Å²) in [5, 5.41) is 0. The van der Waals surface area contributed by atoms with Crippen LogP contribution >= 0.6 is 0 Å². The summed E-state index contributed by atoms with van der Waals surface area (Å²) in [5.74, 6) is -2.26. The van der Waals surface area contributed by atoms with Crippen LogP contribution in [-0.2, 0) is 40.6 Å². The highest BCUT2D eigenvalue weighted by Gasteiger charge is 2.47. The summed E-state index contributed by atoms with van der Waals surface area (Å²) in [6.07, 6.45) is -1.27. The van der Waals surface area contributed by atoms with Gasteiger partial charge >= 0.3 is 28.2 Å². The van der Waals surface area contributed by atoms with Gasteiger partial charge in [0.2, 0.25) is 0 Å². The number of benzene rings is 1. The fraction of sp³-hybridized carbons (Fsp3) is 0.609. The summed E-state index contributed by atoms with van der Waals surface area (Å²) in [6, 6.07) is 5.73. The molecule has 0 aliphatic rings. The van der Waals surface area contributed by atoms with E-state index in [2.05, 4.69) is 0 Å². The van der Waals surface area contributed by atoms with Crippen molar-refractivity contribution in [1.82, 2.24) is 8.61 Å². The number of nitrogens with zero attached hydrogens (tertiary/aromatic N) is 2. The Morgan fingerprint density at radius 2 is 1.56 bits per heavy atom. The molecule has 2 atom stereocenters. The van der Waals surface area contributed by atoms with Gasteiger partial charge in [-0.25, -0.2) is 9.59 Å². The Kier molecular flexibility index (Phi) is 10.5. The van der Waals surface area contributed by atoms with Crippen molar-refractivity contribution in [3.8, 4) is 0 Å². The summed E-state index contributed by atoms with van der Waals surface area (Å²) in [6.45, 7) is 10.5. The average Bonchev–Trinajstić information content (AvgIpc) is 2.72. The summed E-state index contributed by atoms with van der Waals surface area (Å²) in [4.78, 5) is 38.4. The van der Waals surface area contributed by atoms with Gasteiger partial charge in [0, 0.05) is 6.54 Å². The fourth-order valence-corrected chi connectivity index (χ4v) is 5.03. The molecule has 0 unspecified atom stereocenters. The van der Waals surface area contributed by atoms with Gasteiger partial charge in [-0.15, -0.1) is 0 Å². The molecule has 0 aromatic heterocycles. The van der Waals surface area contributed by atoms with Crippen LogP contribution in [0.3, 0.4) is 0 Å². The van der Waals surface area contributed by atoms with E-state index in [1.807, 2.05) is 0 Å². The first kappa shape index (κ1) is 29.4. The number of amides is 1. The fourth-order valence-electron chi connectivity index (χ4n) is 3.16. The minimum Gasteiger partial charge on any atom is -0.468 e. The summed E-state index contributed by atoms with van der Waals surface area (Å²) < 4.78 is 44.4. The van der Waals surface area contributed by atoms with Crippen LogP contribution < -0.4 is 0 Å². The van der Waals surface area contributed by atoms with E-state index in [4.69, 9.17) is 14.2 Å². The predicted molar refractivity (Wildman–Crippen MR) is 126 cm³/mol. The van der Waals surface area contributed by atoms with Crippen LogP contribution in [0.1, 0.15) is 54.0 Å². The van der Waals surface area contributed by atoms with Gasteiger partial charge in [-0.3, -0.25) is 4.79 Å². The van der Waals surface area contributed by atoms with Crippen molar-refractivity contribution in [3.05, 3.63) is 35.9 Å². The number of hydrogen-bond donors (Lipinski definition) is 0. The largest absolute Gasteiger partial charge is 0.468 e. The first-order valence-electron chi connectivity index (χ1n) is 11.0. The van der Waals surface area contributed by atoms with E-state index in [0.29, 0.717) is 9.87 Å². The molecule has 0 aliphatic carbocycles. The van der Waals surface area contributed by atoms with Crippen molar-refractivity contribution in [2.45, 2.75) is 72.7 Å². The maximum Gasteiger partial charge on any atom is 0.425 e. The van der Waals surface area contributed by atoms with Crippen LogP contribution in [0.25, 0.3) is 0 Å². The zero-order valence-electron chi connectivity index (χ0n) is 21.1. The van der Waals surface area contributed by atoms with Crippen molar-refractivity contribution in [1.29, 1.82) is 0 Å². The van der Waals surface area contributed by atoms with Crippen LogP contribution in [-0.4, -0.2) is 66.5 Å². The van der Waals surface area contributed by atoms with Gasteiger partial charge in [0.15, 0.2) is 0 Å². The van der Waals surface area contributed by atoms with E-state index >= 15 is 0 Å². The Morgan fingerprint density at radius 3 is 2.00 bits per heavy atom. The van der Waals surface area contributed by atoms with Crippen LogP contribution in [0.4, 0.5) is 4.79 Å². The molecule has 0 saturated heterocycles. The summed E-state index contributed by atoms with van der Waals surface area (Å²) in [7, 11) is -3.65. The first-order chi connectivity index (χ1) is 15.7. The molecule has 1 rings (SSSR count). The monoisotopic (exact) mass is 500 g/mol. The van der Waals surface area contributed by atoms with Crippen molar-refractivity contribution in [2.24, 2.45) is 5.92 Å². The molecule has 1 amide bonds. The minimum atomic E-state index is -4.80. The molecule has 0 radical (unpaired) electrons. The van der Waals surface area contributed by atoms with Gasteiger partial charge in [0.1, 0.15) is 17.7 Å². The van der Waals surface area contributed by atoms with E-state index < -0.39 is 51.8 Å². The molecule has 0 fully saturated rings. The second-order valence-corrected chi connectivity index (χ2v) is 10.7. The Balaban J connectivity index is 3.73. The SMILES string of the molecule is CCOC(=O)[C@@H](C)N(C(=O)OC(C)(C)C)S(=O)(=O)N(Cc1ccccc1)[C@H](C(=O)OC)C(C)C. The number of carbonyl (C=O) groups excluding carboxylic acids is 3. The Morgan fingerprint density at radius 1 is 1.00 bits per heavy atom. The lowest BCUT2D eigenvalue weighted by atomic mass is 10.0. The number of ether oxygens (including phenoxy) is 3. The Bertz CT molecular complexity index is 941. The molecule has 34 heavy (non-hydrogen) atoms. The standard InChI is InChI=1S/C23H36N2O8S/c1-9-32-20(26)17(4)25(22(28)33-23(5,6)7)34(29,30)24(15-18-13-11-10-12-14-18)19(16(2)3)21(27)31-8/h10-14,16-17,19H,9,15H2,1-8H3/t17-,19+/m1/s1. The van der Waals surface area contributed by atoms with Gasteiger partial charge < -0.3 is 14.2 Å². The Labute approximate surface area is 202 Å². The number of rotatable bonds is 10. The molecular weight excluding hydrogens is 464 g/mol. The van der Waals surface area contributed by atoms with Crippen LogP contribution in [0.2, 0.25) is 0 Å². The Hall–Kier alpha value is -2.66. The van der Waals surface area contributed by atoms with E-state index in [-0.39, 0.29) is 13.2 Å². The molecule has 0 heterocycles. The second kappa shape index (κ2) is 12.2. The third-order valence-electron chi connectivity index (χ3n) is 4.66. The molecule has 10 nitrogen and oxygen atoms in total. The van der Waals surface area contributed by atoms with Gasteiger partial charge in [-0.1, -0.05) is 44.2 Å². The normalized spacial score (nSPS) is 13.8. The number of carbonyl (C=O) groups is 3. The van der Waals surface area contributed by atoms with Crippen molar-refractivity contribution in [3.63, 3.8) is 0 Å². The van der Waals surface area contributed by atoms with Crippen molar-refractivity contribution >= 4 is 28.2 Å². The molecule has 192 valence electrons. The molecule has 1 aromatic rings. The van der Waals surface area contributed by atoms with E-state index in [0.717, 1.165) is 11.4 Å². The minimum absolute atomic E-state index is 0.0180. The molecule has 11 heteroatoms. The molecule has 0 N–H and O–H groups in total. The molecular formula is C23H36N2O8S. The smallest absolute Gasteiger partial charge is 0.425 e. The van der Waals surface area contributed by atoms with Crippen LogP contribution in [0.15, 0.2) is 30.3 Å². The molecule has 0 aliphatic heterocycles. The highest BCUT2D eigenvalue weighted by molar-refractivity contribution is 7.87. The lowest BCUT2D eigenvalue weighted by molar-refractivity contribution is -0.147. The lowest BCUT2D eigenvalue weighted by Gasteiger charge is -2.37. The molecule has 0 spiro atoms. The second-order valence-electron chi connectivity index (χ2n) is 8.95. The summed E-state index contributed by atoms with van der Waals surface area (Å²) in [5.41, 5.74) is -0.489. The van der Waals surface area contributed by atoms with Crippen LogP contribution in [0, 0.1) is 5.92 Å². The van der Waals surface area contributed by atoms with Gasteiger partial charge in [-0.2, -0.15) is 17.0 Å². The number of hydrogen-bond acceptors (Lipinski definition) is 8. The zero-order chi connectivity index (χ0) is 26.3. The van der Waals surface area contributed by atoms with Crippen LogP contribution in [0.5, 0.6) is 0 Å². The topological polar surface area (TPSA) is 120 Å². The maximum absolute atomic E-state index is 14.0. The number of methoxy groups -OCH3 is 1. The van der Waals surface area contributed by atoms with E-state index in [1.54, 1.807) is 71.9 Å². The highest BCUT2D eigenvalue weighted by atomic mass is 32.2. The van der Waals surface area contributed by atoms with Gasteiger partial charge in [-0.05, 0) is 46.1 Å². The van der Waals surface area contributed by atoms with Crippen molar-refractivity contribution in [2.75, 3.05) is 13.7 Å². The van der Waals surface area contributed by atoms with Crippen molar-refractivity contribution < 1.29 is 37.0 Å². The lowest BCUT2D eigenvalue weighted by Crippen LogP contribution is -2.58. The van der Waals surface area contributed by atoms with E-state index in [1.165, 1.54) is 6.92 Å². The quantitative estimate of drug-likeness (QED) is 0.355. The average molecular weight is 501 g/mol. The van der Waals surface area contributed by atoms with Gasteiger partial charge in [0.25, 0.3) is 0 Å². The van der Waals surface area contributed by atoms with Gasteiger partial charge in [0.05, 0.1) is 13.7 Å². The molecule has 0 saturated carbocycles. The predicted octanol–water partition coefficient (Wildman–Crippen LogP) is 3.12. The zero-order valence-corrected chi connectivity index (χ0v) is 21.9. The molecule has 0 bridgehead atoms. The highest BCUT2D eigenvalue weighted by Crippen LogP contribution is 2.26. The summed E-state index contributed by atoms with van der Waals surface area (Å²) >= 11 is 0. The number of esters is 2. The third kappa shape index (κ3) is 7.69. The molecule has 1 aromatic carbocycles. The maximum atomic E-state index is 14.0. The van der Waals surface area contributed by atoms with E-state index in [9.17, 15) is 22.8 Å². The first-order valence-corrected chi connectivity index (χ1v) is 12.4.